The summed E-state index contributed by atoms with van der Waals surface area (Å²) in [6.07, 6.45) is 0. The van der Waals surface area contributed by atoms with Crippen LogP contribution < -0.4 is 0 Å². The number of halogens is 3. The Morgan fingerprint density at radius 1 is 0.864 bits per heavy atom. The van der Waals surface area contributed by atoms with Gasteiger partial charge in [0.1, 0.15) is 0 Å². The highest BCUT2D eigenvalue weighted by atomic mass is 35.5. The van der Waals surface area contributed by atoms with Crippen LogP contribution in [0.2, 0.25) is 15.1 Å². The van der Waals surface area contributed by atoms with E-state index in [9.17, 15) is 0 Å². The number of rotatable bonds is 2. The highest BCUT2D eigenvalue weighted by Gasteiger charge is 2.15. The van der Waals surface area contributed by atoms with Crippen LogP contribution in [0.15, 0.2) is 42.5 Å². The Morgan fingerprint density at radius 2 is 1.55 bits per heavy atom. The van der Waals surface area contributed by atoms with Gasteiger partial charge in [0, 0.05) is 16.3 Å². The number of nitrogens with zero attached hydrogens (tertiary/aromatic N) is 2. The molecule has 1 heterocycles. The van der Waals surface area contributed by atoms with Crippen LogP contribution in [0.5, 0.6) is 0 Å². The third-order valence-corrected chi connectivity index (χ3v) is 4.56. The normalized spacial score (nSPS) is 11.0. The number of benzene rings is 2. The molecule has 2 aromatic carbocycles. The Hall–Kier alpha value is -1.48. The molecule has 0 spiro atoms. The summed E-state index contributed by atoms with van der Waals surface area (Å²) in [6, 6.07) is 13.2. The lowest BCUT2D eigenvalue weighted by molar-refractivity contribution is 0.834. The van der Waals surface area contributed by atoms with E-state index in [4.69, 9.17) is 34.8 Å². The molecule has 5 heteroatoms. The molecule has 3 aromatic rings. The predicted molar refractivity (Wildman–Crippen MR) is 93.5 cm³/mol. The number of hydrogen-bond donors (Lipinski definition) is 0. The van der Waals surface area contributed by atoms with Crippen molar-refractivity contribution in [1.29, 1.82) is 0 Å². The Kier molecular flexibility index (Phi) is 4.18. The molecular weight excluding hydrogens is 339 g/mol. The van der Waals surface area contributed by atoms with Gasteiger partial charge in [0.05, 0.1) is 21.4 Å². The molecule has 0 aliphatic carbocycles. The van der Waals surface area contributed by atoms with Crippen molar-refractivity contribution in [2.45, 2.75) is 13.8 Å². The molecule has 0 atom stereocenters. The first-order valence-corrected chi connectivity index (χ1v) is 7.88. The molecule has 112 valence electrons. The largest absolute Gasteiger partial charge is 0.237 e. The second kappa shape index (κ2) is 5.96. The van der Waals surface area contributed by atoms with E-state index in [-0.39, 0.29) is 0 Å². The number of aryl methyl sites for hydroxylation is 1. The van der Waals surface area contributed by atoms with Crippen molar-refractivity contribution < 1.29 is 0 Å². The van der Waals surface area contributed by atoms with Crippen LogP contribution in [-0.2, 0) is 0 Å². The quantitative estimate of drug-likeness (QED) is 0.544. The van der Waals surface area contributed by atoms with Gasteiger partial charge >= 0.3 is 0 Å². The molecule has 0 aliphatic rings. The fourth-order valence-electron chi connectivity index (χ4n) is 2.55. The van der Waals surface area contributed by atoms with Gasteiger partial charge in [0.15, 0.2) is 0 Å². The smallest absolute Gasteiger partial charge is 0.0679 e. The zero-order valence-corrected chi connectivity index (χ0v) is 14.3. The number of hydrogen-bond acceptors (Lipinski definition) is 1. The van der Waals surface area contributed by atoms with Gasteiger partial charge in [-0.3, -0.25) is 0 Å². The molecule has 0 saturated heterocycles. The summed E-state index contributed by atoms with van der Waals surface area (Å²) >= 11 is 18.1. The van der Waals surface area contributed by atoms with Crippen LogP contribution in [0.1, 0.15) is 11.4 Å². The van der Waals surface area contributed by atoms with Gasteiger partial charge in [-0.15, -0.1) is 0 Å². The molecule has 22 heavy (non-hydrogen) atoms. The Morgan fingerprint density at radius 3 is 2.18 bits per heavy atom. The minimum absolute atomic E-state index is 0.539. The second-order valence-corrected chi connectivity index (χ2v) is 6.31. The lowest BCUT2D eigenvalue weighted by Gasteiger charge is -2.07. The van der Waals surface area contributed by atoms with Gasteiger partial charge < -0.3 is 0 Å². The van der Waals surface area contributed by atoms with Crippen molar-refractivity contribution in [3.63, 3.8) is 0 Å². The summed E-state index contributed by atoms with van der Waals surface area (Å²) in [6.45, 7) is 4.02. The molecule has 0 radical (unpaired) electrons. The lowest BCUT2D eigenvalue weighted by atomic mass is 10.0. The van der Waals surface area contributed by atoms with Crippen LogP contribution in [0.4, 0.5) is 0 Å². The third kappa shape index (κ3) is 2.74. The van der Waals surface area contributed by atoms with Crippen molar-refractivity contribution in [2.75, 3.05) is 0 Å². The summed E-state index contributed by atoms with van der Waals surface area (Å²) < 4.78 is 1.91. The van der Waals surface area contributed by atoms with Crippen molar-refractivity contribution in [2.24, 2.45) is 0 Å². The van der Waals surface area contributed by atoms with E-state index in [1.807, 2.05) is 54.9 Å². The molecule has 2 nitrogen and oxygen atoms in total. The van der Waals surface area contributed by atoms with E-state index < -0.39 is 0 Å². The molecule has 0 amide bonds. The lowest BCUT2D eigenvalue weighted by Crippen LogP contribution is -1.98. The van der Waals surface area contributed by atoms with Crippen LogP contribution in [-0.4, -0.2) is 9.78 Å². The van der Waals surface area contributed by atoms with Crippen LogP contribution in [0, 0.1) is 13.8 Å². The molecule has 0 fully saturated rings. The summed E-state index contributed by atoms with van der Waals surface area (Å²) in [7, 11) is 0. The average Bonchev–Trinajstić information content (AvgIpc) is 2.78. The first-order valence-electron chi connectivity index (χ1n) is 6.75. The van der Waals surface area contributed by atoms with Crippen LogP contribution >= 0.6 is 34.8 Å². The molecular formula is C17H13Cl3N2. The predicted octanol–water partition coefficient (Wildman–Crippen LogP) is 6.12. The topological polar surface area (TPSA) is 17.8 Å². The van der Waals surface area contributed by atoms with Crippen LogP contribution in [0.25, 0.3) is 16.8 Å². The number of aromatic nitrogens is 2. The van der Waals surface area contributed by atoms with Crippen molar-refractivity contribution in [3.8, 4) is 16.8 Å². The Bertz CT molecular complexity index is 836. The molecule has 0 aliphatic heterocycles. The van der Waals surface area contributed by atoms with Gasteiger partial charge in [-0.2, -0.15) is 5.10 Å². The maximum Gasteiger partial charge on any atom is 0.0679 e. The first-order chi connectivity index (χ1) is 10.5. The van der Waals surface area contributed by atoms with E-state index in [2.05, 4.69) is 5.10 Å². The fourth-order valence-corrected chi connectivity index (χ4v) is 2.97. The minimum atomic E-state index is 0.539. The molecule has 3 rings (SSSR count). The molecule has 0 saturated carbocycles. The summed E-state index contributed by atoms with van der Waals surface area (Å²) in [5.41, 5.74) is 5.01. The van der Waals surface area contributed by atoms with E-state index in [1.165, 1.54) is 0 Å². The molecule has 0 bridgehead atoms. The highest BCUT2D eigenvalue weighted by molar-refractivity contribution is 6.42. The molecule has 1 aromatic heterocycles. The zero-order chi connectivity index (χ0) is 15.9. The third-order valence-electron chi connectivity index (χ3n) is 3.57. The molecule has 0 N–H and O–H groups in total. The summed E-state index contributed by atoms with van der Waals surface area (Å²) in [5, 5.41) is 6.43. The van der Waals surface area contributed by atoms with E-state index in [0.29, 0.717) is 15.1 Å². The average molecular weight is 352 g/mol. The standard InChI is InChI=1S/C17H13Cl3N2/c1-10-17(12-3-8-15(19)16(20)9-12)11(2)22(21-10)14-6-4-13(18)5-7-14/h3-9H,1-2H3. The van der Waals surface area contributed by atoms with Gasteiger partial charge in [-0.25, -0.2) is 4.68 Å². The second-order valence-electron chi connectivity index (χ2n) is 5.06. The van der Waals surface area contributed by atoms with Gasteiger partial charge in [-0.05, 0) is 55.8 Å². The maximum atomic E-state index is 6.14. The van der Waals surface area contributed by atoms with E-state index >= 15 is 0 Å². The fraction of sp³-hybridized carbons (Fsp3) is 0.118. The first kappa shape index (κ1) is 15.4. The van der Waals surface area contributed by atoms with Gasteiger partial charge in [-0.1, -0.05) is 40.9 Å². The minimum Gasteiger partial charge on any atom is -0.237 e. The Labute approximate surface area is 144 Å². The summed E-state index contributed by atoms with van der Waals surface area (Å²) in [5.74, 6) is 0. The van der Waals surface area contributed by atoms with Crippen molar-refractivity contribution in [3.05, 3.63) is 68.9 Å². The monoisotopic (exact) mass is 350 g/mol. The van der Waals surface area contributed by atoms with Crippen LogP contribution in [0.3, 0.4) is 0 Å². The Balaban J connectivity index is 2.14. The van der Waals surface area contributed by atoms with E-state index in [0.717, 1.165) is 28.2 Å². The van der Waals surface area contributed by atoms with E-state index in [1.54, 1.807) is 6.07 Å². The van der Waals surface area contributed by atoms with Gasteiger partial charge in [0.2, 0.25) is 0 Å². The summed E-state index contributed by atoms with van der Waals surface area (Å²) in [4.78, 5) is 0. The van der Waals surface area contributed by atoms with Crippen molar-refractivity contribution >= 4 is 34.8 Å². The zero-order valence-electron chi connectivity index (χ0n) is 12.1. The van der Waals surface area contributed by atoms with Gasteiger partial charge in [0.25, 0.3) is 0 Å². The van der Waals surface area contributed by atoms with Crippen molar-refractivity contribution in [1.82, 2.24) is 9.78 Å². The maximum absolute atomic E-state index is 6.14. The SMILES string of the molecule is Cc1nn(-c2ccc(Cl)cc2)c(C)c1-c1ccc(Cl)c(Cl)c1. The molecule has 0 unspecified atom stereocenters. The highest BCUT2D eigenvalue weighted by Crippen LogP contribution is 2.33.